The third kappa shape index (κ3) is 2.40. The SMILES string of the molecule is O=C(Nc1nc(Cl)ccc1[N+](=O)[O-])C1CC2CC2C1. The number of nitro groups is 1. The zero-order valence-corrected chi connectivity index (χ0v) is 10.8. The molecule has 2 atom stereocenters. The van der Waals surface area contributed by atoms with E-state index in [9.17, 15) is 14.9 Å². The zero-order valence-electron chi connectivity index (χ0n) is 10.0. The Labute approximate surface area is 114 Å². The van der Waals surface area contributed by atoms with Crippen LogP contribution in [0.25, 0.3) is 0 Å². The molecule has 0 saturated heterocycles. The van der Waals surface area contributed by atoms with Gasteiger partial charge < -0.3 is 5.32 Å². The second kappa shape index (κ2) is 4.45. The number of carbonyl (C=O) groups excluding carboxylic acids is 1. The minimum atomic E-state index is -0.578. The molecule has 7 heteroatoms. The Balaban J connectivity index is 1.76. The van der Waals surface area contributed by atoms with Gasteiger partial charge in [-0.25, -0.2) is 4.98 Å². The summed E-state index contributed by atoms with van der Waals surface area (Å²) in [6.45, 7) is 0. The lowest BCUT2D eigenvalue weighted by atomic mass is 10.0. The van der Waals surface area contributed by atoms with Gasteiger partial charge in [-0.2, -0.15) is 0 Å². The summed E-state index contributed by atoms with van der Waals surface area (Å²) in [5, 5.41) is 13.5. The van der Waals surface area contributed by atoms with Crippen LogP contribution in [0.3, 0.4) is 0 Å². The second-order valence-corrected chi connectivity index (χ2v) is 5.56. The van der Waals surface area contributed by atoms with Crippen LogP contribution in [-0.2, 0) is 4.79 Å². The minimum absolute atomic E-state index is 0.0517. The van der Waals surface area contributed by atoms with Crippen molar-refractivity contribution < 1.29 is 9.72 Å². The maximum Gasteiger partial charge on any atom is 0.311 e. The summed E-state index contributed by atoms with van der Waals surface area (Å²) < 4.78 is 0. The van der Waals surface area contributed by atoms with E-state index in [-0.39, 0.29) is 28.5 Å². The fourth-order valence-corrected chi connectivity index (χ4v) is 2.96. The van der Waals surface area contributed by atoms with Crippen LogP contribution in [0.2, 0.25) is 5.15 Å². The molecule has 0 aliphatic heterocycles. The molecule has 0 bridgehead atoms. The number of halogens is 1. The van der Waals surface area contributed by atoms with Crippen molar-refractivity contribution in [1.82, 2.24) is 4.98 Å². The van der Waals surface area contributed by atoms with Crippen LogP contribution in [0, 0.1) is 27.9 Å². The highest BCUT2D eigenvalue weighted by atomic mass is 35.5. The quantitative estimate of drug-likeness (QED) is 0.524. The van der Waals surface area contributed by atoms with Gasteiger partial charge in [0.2, 0.25) is 11.7 Å². The number of nitrogens with one attached hydrogen (secondary N) is 1. The number of pyridine rings is 1. The number of fused-ring (bicyclic) bond motifs is 1. The Kier molecular flexibility index (Phi) is 2.89. The molecule has 2 aliphatic carbocycles. The van der Waals surface area contributed by atoms with E-state index in [1.54, 1.807) is 0 Å². The lowest BCUT2D eigenvalue weighted by Gasteiger charge is -2.11. The van der Waals surface area contributed by atoms with E-state index in [1.165, 1.54) is 18.6 Å². The highest BCUT2D eigenvalue weighted by molar-refractivity contribution is 6.29. The molecule has 1 aromatic rings. The molecule has 100 valence electrons. The lowest BCUT2D eigenvalue weighted by molar-refractivity contribution is -0.384. The summed E-state index contributed by atoms with van der Waals surface area (Å²) in [6, 6.07) is 2.58. The second-order valence-electron chi connectivity index (χ2n) is 5.17. The molecule has 0 aromatic carbocycles. The molecule has 0 radical (unpaired) electrons. The van der Waals surface area contributed by atoms with Gasteiger partial charge in [0.15, 0.2) is 0 Å². The van der Waals surface area contributed by atoms with Gasteiger partial charge in [0.25, 0.3) is 0 Å². The van der Waals surface area contributed by atoms with Gasteiger partial charge in [0.05, 0.1) is 4.92 Å². The van der Waals surface area contributed by atoms with Gasteiger partial charge >= 0.3 is 5.69 Å². The maximum atomic E-state index is 12.1. The predicted molar refractivity (Wildman–Crippen MR) is 68.9 cm³/mol. The van der Waals surface area contributed by atoms with Crippen molar-refractivity contribution in [3.8, 4) is 0 Å². The highest BCUT2D eigenvalue weighted by Crippen LogP contribution is 2.54. The molecule has 2 fully saturated rings. The summed E-state index contributed by atoms with van der Waals surface area (Å²) in [6.07, 6.45) is 2.98. The number of carbonyl (C=O) groups is 1. The van der Waals surface area contributed by atoms with Crippen LogP contribution < -0.4 is 5.32 Å². The van der Waals surface area contributed by atoms with Crippen molar-refractivity contribution in [3.05, 3.63) is 27.4 Å². The van der Waals surface area contributed by atoms with Crippen molar-refractivity contribution in [1.29, 1.82) is 0 Å². The Bertz CT molecular complexity index is 553. The standard InChI is InChI=1S/C12H12ClN3O3/c13-10-2-1-9(16(18)19)11(14-10)15-12(17)8-4-6-3-7(6)5-8/h1-2,6-8H,3-5H2,(H,14,15,17). The summed E-state index contributed by atoms with van der Waals surface area (Å²) in [5.74, 6) is 1.05. The molecule has 19 heavy (non-hydrogen) atoms. The molecule has 0 spiro atoms. The number of amides is 1. The van der Waals surface area contributed by atoms with Crippen LogP contribution in [0.15, 0.2) is 12.1 Å². The number of aromatic nitrogens is 1. The van der Waals surface area contributed by atoms with Gasteiger partial charge in [-0.1, -0.05) is 11.6 Å². The largest absolute Gasteiger partial charge is 0.311 e. The smallest absolute Gasteiger partial charge is 0.305 e. The molecule has 2 saturated carbocycles. The van der Waals surface area contributed by atoms with E-state index in [0.29, 0.717) is 11.8 Å². The molecule has 3 rings (SSSR count). The van der Waals surface area contributed by atoms with Gasteiger partial charge in [-0.15, -0.1) is 0 Å². The molecule has 1 heterocycles. The van der Waals surface area contributed by atoms with Crippen molar-refractivity contribution in [2.75, 3.05) is 5.32 Å². The van der Waals surface area contributed by atoms with E-state index in [0.717, 1.165) is 12.8 Å². The normalized spacial score (nSPS) is 27.7. The first-order valence-electron chi connectivity index (χ1n) is 6.16. The predicted octanol–water partition coefficient (Wildman–Crippen LogP) is 2.63. The first-order valence-corrected chi connectivity index (χ1v) is 6.54. The van der Waals surface area contributed by atoms with Crippen molar-refractivity contribution in [2.45, 2.75) is 19.3 Å². The summed E-state index contributed by atoms with van der Waals surface area (Å²) in [4.78, 5) is 26.2. The topological polar surface area (TPSA) is 85.1 Å². The van der Waals surface area contributed by atoms with Crippen molar-refractivity contribution in [2.24, 2.45) is 17.8 Å². The Hall–Kier alpha value is -1.69. The van der Waals surface area contributed by atoms with Crippen LogP contribution >= 0.6 is 11.6 Å². The van der Waals surface area contributed by atoms with Gasteiger partial charge in [0.1, 0.15) is 5.15 Å². The Morgan fingerprint density at radius 3 is 2.68 bits per heavy atom. The van der Waals surface area contributed by atoms with Gasteiger partial charge in [-0.05, 0) is 37.2 Å². The summed E-state index contributed by atoms with van der Waals surface area (Å²) in [5.41, 5.74) is -0.235. The lowest BCUT2D eigenvalue weighted by Crippen LogP contribution is -2.22. The summed E-state index contributed by atoms with van der Waals surface area (Å²) >= 11 is 5.71. The molecule has 1 aromatic heterocycles. The Morgan fingerprint density at radius 2 is 2.05 bits per heavy atom. The number of hydrogen-bond acceptors (Lipinski definition) is 4. The number of rotatable bonds is 3. The molecule has 2 unspecified atom stereocenters. The first-order chi connectivity index (χ1) is 9.04. The Morgan fingerprint density at radius 1 is 1.37 bits per heavy atom. The van der Waals surface area contributed by atoms with E-state index < -0.39 is 4.92 Å². The van der Waals surface area contributed by atoms with E-state index in [1.807, 2.05) is 0 Å². The van der Waals surface area contributed by atoms with Crippen LogP contribution in [0.4, 0.5) is 11.5 Å². The average Bonchev–Trinajstić information content (AvgIpc) is 2.95. The maximum absolute atomic E-state index is 12.1. The fourth-order valence-electron chi connectivity index (χ4n) is 2.81. The highest BCUT2D eigenvalue weighted by Gasteiger charge is 2.48. The molecular weight excluding hydrogens is 270 g/mol. The zero-order chi connectivity index (χ0) is 13.6. The fraction of sp³-hybridized carbons (Fsp3) is 0.500. The van der Waals surface area contributed by atoms with E-state index in [2.05, 4.69) is 10.3 Å². The third-order valence-electron chi connectivity index (χ3n) is 3.89. The number of nitrogens with zero attached hydrogens (tertiary/aromatic N) is 2. The molecule has 1 N–H and O–H groups in total. The molecule has 2 aliphatic rings. The van der Waals surface area contributed by atoms with Gasteiger partial charge in [-0.3, -0.25) is 14.9 Å². The number of anilines is 1. The minimum Gasteiger partial charge on any atom is -0.305 e. The number of hydrogen-bond donors (Lipinski definition) is 1. The third-order valence-corrected chi connectivity index (χ3v) is 4.10. The van der Waals surface area contributed by atoms with Crippen LogP contribution in [0.5, 0.6) is 0 Å². The average molecular weight is 282 g/mol. The van der Waals surface area contributed by atoms with E-state index >= 15 is 0 Å². The van der Waals surface area contributed by atoms with Crippen LogP contribution in [0.1, 0.15) is 19.3 Å². The summed E-state index contributed by atoms with van der Waals surface area (Å²) in [7, 11) is 0. The van der Waals surface area contributed by atoms with Crippen molar-refractivity contribution in [3.63, 3.8) is 0 Å². The van der Waals surface area contributed by atoms with Crippen LogP contribution in [-0.4, -0.2) is 15.8 Å². The molecular formula is C12H12ClN3O3. The molecule has 1 amide bonds. The van der Waals surface area contributed by atoms with E-state index in [4.69, 9.17) is 11.6 Å². The van der Waals surface area contributed by atoms with Crippen molar-refractivity contribution >= 4 is 29.0 Å². The monoisotopic (exact) mass is 281 g/mol. The first kappa shape index (κ1) is 12.3. The van der Waals surface area contributed by atoms with Gasteiger partial charge in [0, 0.05) is 12.0 Å². The molecule has 6 nitrogen and oxygen atoms in total.